The minimum atomic E-state index is -4.46. The van der Waals surface area contributed by atoms with Crippen LogP contribution in [0, 0.1) is 4.77 Å². The molecule has 0 aliphatic heterocycles. The number of benzene rings is 2. The van der Waals surface area contributed by atoms with E-state index in [1.807, 2.05) is 18.2 Å². The largest absolute Gasteiger partial charge is 0.417 e. The van der Waals surface area contributed by atoms with Gasteiger partial charge in [0.25, 0.3) is 0 Å². The summed E-state index contributed by atoms with van der Waals surface area (Å²) in [5.74, 6) is 0.418. The maximum atomic E-state index is 13.0. The molecule has 0 spiro atoms. The number of alkyl halides is 3. The molecule has 8 heteroatoms. The molecule has 1 aromatic heterocycles. The van der Waals surface area contributed by atoms with Crippen LogP contribution in [-0.2, 0) is 6.18 Å². The lowest BCUT2D eigenvalue weighted by Crippen LogP contribution is -2.09. The monoisotopic (exact) mass is 348 g/mol. The predicted molar refractivity (Wildman–Crippen MR) is 87.3 cm³/mol. The Morgan fingerprint density at radius 3 is 2.42 bits per heavy atom. The molecule has 0 aliphatic carbocycles. The summed E-state index contributed by atoms with van der Waals surface area (Å²) in [4.78, 5) is 0. The lowest BCUT2D eigenvalue weighted by atomic mass is 10.1. The third kappa shape index (κ3) is 3.28. The lowest BCUT2D eigenvalue weighted by Gasteiger charge is -2.09. The fourth-order valence-corrected chi connectivity index (χ4v) is 2.34. The van der Waals surface area contributed by atoms with Gasteiger partial charge in [-0.25, -0.2) is 5.10 Å². The SMILES string of the molecule is FC(F)(F)c1ccccc1/C=N\n1c(-c2ccccc2)n[nH]c1=S. The van der Waals surface area contributed by atoms with Crippen molar-refractivity contribution in [2.45, 2.75) is 6.18 Å². The number of aromatic nitrogens is 3. The van der Waals surface area contributed by atoms with Crippen molar-refractivity contribution in [3.05, 3.63) is 70.5 Å². The highest BCUT2D eigenvalue weighted by atomic mass is 32.1. The standard InChI is InChI=1S/C16H11F3N4S/c17-16(18,19)13-9-5-4-8-12(13)10-20-23-14(21-22-15(23)24)11-6-2-1-3-7-11/h1-10H,(H,22,24)/b20-10-. The first-order valence-corrected chi connectivity index (χ1v) is 7.31. The first-order chi connectivity index (χ1) is 11.5. The Morgan fingerprint density at radius 2 is 1.71 bits per heavy atom. The van der Waals surface area contributed by atoms with Gasteiger partial charge in [0, 0.05) is 11.1 Å². The Bertz CT molecular complexity index is 926. The van der Waals surface area contributed by atoms with Crippen molar-refractivity contribution in [3.8, 4) is 11.4 Å². The number of rotatable bonds is 3. The molecule has 0 saturated heterocycles. The quantitative estimate of drug-likeness (QED) is 0.559. The fourth-order valence-electron chi connectivity index (χ4n) is 2.16. The zero-order chi connectivity index (χ0) is 17.2. The molecule has 3 aromatic rings. The molecular formula is C16H11F3N4S. The van der Waals surface area contributed by atoms with Gasteiger partial charge in [0.1, 0.15) is 0 Å². The molecule has 1 N–H and O–H groups in total. The summed E-state index contributed by atoms with van der Waals surface area (Å²) >= 11 is 5.10. The number of halogens is 3. The van der Waals surface area contributed by atoms with Gasteiger partial charge < -0.3 is 0 Å². The average Bonchev–Trinajstić information content (AvgIpc) is 2.94. The van der Waals surface area contributed by atoms with Gasteiger partial charge >= 0.3 is 6.18 Å². The predicted octanol–water partition coefficient (Wildman–Crippen LogP) is 4.51. The van der Waals surface area contributed by atoms with Crippen LogP contribution in [0.25, 0.3) is 11.4 Å². The molecule has 0 saturated carbocycles. The van der Waals surface area contributed by atoms with Crippen LogP contribution in [-0.4, -0.2) is 21.1 Å². The molecule has 0 radical (unpaired) electrons. The normalized spacial score (nSPS) is 12.0. The summed E-state index contributed by atoms with van der Waals surface area (Å²) in [7, 11) is 0. The molecule has 24 heavy (non-hydrogen) atoms. The van der Waals surface area contributed by atoms with Gasteiger partial charge in [-0.3, -0.25) is 0 Å². The highest BCUT2D eigenvalue weighted by Crippen LogP contribution is 2.31. The zero-order valence-electron chi connectivity index (χ0n) is 12.2. The van der Waals surface area contributed by atoms with Crippen molar-refractivity contribution in [1.82, 2.24) is 14.9 Å². The van der Waals surface area contributed by atoms with Gasteiger partial charge in [-0.15, -0.1) is 0 Å². The number of H-pyrrole nitrogens is 1. The minimum absolute atomic E-state index is 0.0490. The molecule has 4 nitrogen and oxygen atoms in total. The van der Waals surface area contributed by atoms with Crippen LogP contribution in [0.15, 0.2) is 59.7 Å². The van der Waals surface area contributed by atoms with Crippen molar-refractivity contribution in [2.24, 2.45) is 5.10 Å². The maximum Gasteiger partial charge on any atom is 0.417 e. The van der Waals surface area contributed by atoms with Crippen LogP contribution in [0.2, 0.25) is 0 Å². The number of hydrogen-bond acceptors (Lipinski definition) is 3. The summed E-state index contributed by atoms with van der Waals surface area (Å²) in [6.45, 7) is 0. The van der Waals surface area contributed by atoms with Gasteiger partial charge in [-0.2, -0.15) is 28.0 Å². The van der Waals surface area contributed by atoms with Crippen LogP contribution >= 0.6 is 12.2 Å². The number of aromatic amines is 1. The first kappa shape index (κ1) is 16.1. The van der Waals surface area contributed by atoms with Crippen molar-refractivity contribution in [1.29, 1.82) is 0 Å². The molecule has 3 rings (SSSR count). The molecule has 2 aromatic carbocycles. The second-order valence-electron chi connectivity index (χ2n) is 4.86. The molecule has 0 unspecified atom stereocenters. The van der Waals surface area contributed by atoms with Crippen molar-refractivity contribution >= 4 is 18.4 Å². The first-order valence-electron chi connectivity index (χ1n) is 6.90. The van der Waals surface area contributed by atoms with E-state index in [1.165, 1.54) is 22.9 Å². The van der Waals surface area contributed by atoms with Crippen LogP contribution in [0.3, 0.4) is 0 Å². The van der Waals surface area contributed by atoms with Crippen molar-refractivity contribution in [2.75, 3.05) is 0 Å². The van der Waals surface area contributed by atoms with Gasteiger partial charge in [0.05, 0.1) is 11.8 Å². The smallest absolute Gasteiger partial charge is 0.250 e. The van der Waals surface area contributed by atoms with Crippen LogP contribution < -0.4 is 0 Å². The Balaban J connectivity index is 2.04. The number of nitrogens with one attached hydrogen (secondary N) is 1. The topological polar surface area (TPSA) is 46.0 Å². The highest BCUT2D eigenvalue weighted by molar-refractivity contribution is 7.71. The van der Waals surface area contributed by atoms with Crippen molar-refractivity contribution < 1.29 is 13.2 Å². The van der Waals surface area contributed by atoms with E-state index in [2.05, 4.69) is 15.3 Å². The summed E-state index contributed by atoms with van der Waals surface area (Å²) in [5.41, 5.74) is -0.0664. The van der Waals surface area contributed by atoms with E-state index in [-0.39, 0.29) is 10.3 Å². The third-order valence-electron chi connectivity index (χ3n) is 3.26. The van der Waals surface area contributed by atoms with Crippen LogP contribution in [0.4, 0.5) is 13.2 Å². The molecular weight excluding hydrogens is 337 g/mol. The molecule has 0 bridgehead atoms. The van der Waals surface area contributed by atoms with Crippen LogP contribution in [0.1, 0.15) is 11.1 Å². The van der Waals surface area contributed by atoms with Gasteiger partial charge in [0.15, 0.2) is 5.82 Å². The lowest BCUT2D eigenvalue weighted by molar-refractivity contribution is -0.137. The van der Waals surface area contributed by atoms with E-state index < -0.39 is 11.7 Å². The van der Waals surface area contributed by atoms with Crippen LogP contribution in [0.5, 0.6) is 0 Å². The maximum absolute atomic E-state index is 13.0. The molecule has 0 aliphatic rings. The molecule has 0 fully saturated rings. The fraction of sp³-hybridized carbons (Fsp3) is 0.0625. The van der Waals surface area contributed by atoms with Gasteiger partial charge in [-0.1, -0.05) is 48.5 Å². The van der Waals surface area contributed by atoms with E-state index in [0.717, 1.165) is 17.8 Å². The molecule has 0 amide bonds. The number of nitrogens with zero attached hydrogens (tertiary/aromatic N) is 3. The van der Waals surface area contributed by atoms with E-state index in [9.17, 15) is 13.2 Å². The Kier molecular flexibility index (Phi) is 4.30. The second-order valence-corrected chi connectivity index (χ2v) is 5.25. The summed E-state index contributed by atoms with van der Waals surface area (Å²) in [6.07, 6.45) is -3.33. The molecule has 0 atom stereocenters. The Labute approximate surface area is 140 Å². The minimum Gasteiger partial charge on any atom is -0.250 e. The van der Waals surface area contributed by atoms with E-state index in [4.69, 9.17) is 12.2 Å². The Hall–Kier alpha value is -2.74. The van der Waals surface area contributed by atoms with Crippen molar-refractivity contribution in [3.63, 3.8) is 0 Å². The molecule has 122 valence electrons. The van der Waals surface area contributed by atoms with Gasteiger partial charge in [-0.05, 0) is 18.3 Å². The summed E-state index contributed by atoms with van der Waals surface area (Å²) in [5, 5.41) is 10.8. The van der Waals surface area contributed by atoms with E-state index in [1.54, 1.807) is 12.1 Å². The van der Waals surface area contributed by atoms with E-state index in [0.29, 0.717) is 5.82 Å². The zero-order valence-corrected chi connectivity index (χ0v) is 13.0. The summed E-state index contributed by atoms with van der Waals surface area (Å²) in [6, 6.07) is 14.3. The third-order valence-corrected chi connectivity index (χ3v) is 3.53. The average molecular weight is 348 g/mol. The molecule has 1 heterocycles. The van der Waals surface area contributed by atoms with E-state index >= 15 is 0 Å². The number of hydrogen-bond donors (Lipinski definition) is 1. The second kappa shape index (κ2) is 6.40. The Morgan fingerprint density at radius 1 is 1.04 bits per heavy atom. The van der Waals surface area contributed by atoms with Gasteiger partial charge in [0.2, 0.25) is 4.77 Å². The highest BCUT2D eigenvalue weighted by Gasteiger charge is 2.32. The summed E-state index contributed by atoms with van der Waals surface area (Å²) < 4.78 is 40.6.